The Bertz CT molecular complexity index is 892. The maximum atomic E-state index is 12.7. The highest BCUT2D eigenvalue weighted by Gasteiger charge is 2.28. The van der Waals surface area contributed by atoms with Gasteiger partial charge in [0.1, 0.15) is 5.82 Å². The Kier molecular flexibility index (Phi) is 6.85. The average molecular weight is 422 g/mol. The fourth-order valence-corrected chi connectivity index (χ4v) is 3.87. The first kappa shape index (κ1) is 20.5. The van der Waals surface area contributed by atoms with E-state index in [-0.39, 0.29) is 17.7 Å². The zero-order valence-corrected chi connectivity index (χ0v) is 17.4. The molecule has 2 amide bonds. The minimum absolute atomic E-state index is 0.0224. The van der Waals surface area contributed by atoms with E-state index in [0.717, 1.165) is 25.2 Å². The number of amides is 2. The van der Waals surface area contributed by atoms with E-state index in [1.165, 1.54) is 0 Å². The van der Waals surface area contributed by atoms with Crippen LogP contribution in [0.2, 0.25) is 5.02 Å². The second kappa shape index (κ2) is 9.34. The van der Waals surface area contributed by atoms with Crippen LogP contribution in [0.1, 0.15) is 35.9 Å². The highest BCUT2D eigenvalue weighted by Crippen LogP contribution is 2.20. The molecule has 0 aliphatic carbocycles. The number of aromatic amines is 1. The van der Waals surface area contributed by atoms with E-state index >= 15 is 0 Å². The molecule has 0 radical (unpaired) electrons. The molecule has 1 aromatic heterocycles. The molecule has 0 saturated carbocycles. The van der Waals surface area contributed by atoms with Crippen molar-refractivity contribution in [3.63, 3.8) is 0 Å². The lowest BCUT2D eigenvalue weighted by Gasteiger charge is -2.32. The molecule has 1 aliphatic heterocycles. The molecule has 1 atom stereocenters. The van der Waals surface area contributed by atoms with Crippen molar-refractivity contribution in [3.8, 4) is 0 Å². The van der Waals surface area contributed by atoms with Crippen LogP contribution in [0, 0.1) is 10.7 Å². The summed E-state index contributed by atoms with van der Waals surface area (Å²) in [6.07, 6.45) is 2.20. The highest BCUT2D eigenvalue weighted by atomic mass is 35.5. The number of halogens is 1. The third-order valence-electron chi connectivity index (χ3n) is 4.97. The molecule has 0 spiro atoms. The summed E-state index contributed by atoms with van der Waals surface area (Å²) in [6, 6.07) is 6.84. The number of rotatable bonds is 6. The normalized spacial score (nSPS) is 16.8. The quantitative estimate of drug-likeness (QED) is 0.702. The fourth-order valence-electron chi connectivity index (χ4n) is 3.46. The number of aromatic nitrogens is 3. The number of hydrogen-bond acceptors (Lipinski definition) is 4. The first-order chi connectivity index (χ1) is 13.5. The number of nitrogens with one attached hydrogen (secondary N) is 2. The van der Waals surface area contributed by atoms with Crippen molar-refractivity contribution in [2.45, 2.75) is 32.7 Å². The molecule has 7 nitrogen and oxygen atoms in total. The first-order valence-corrected chi connectivity index (χ1v) is 10.2. The summed E-state index contributed by atoms with van der Waals surface area (Å²) in [7, 11) is 0. The van der Waals surface area contributed by atoms with Gasteiger partial charge in [-0.25, -0.2) is 0 Å². The second-order valence-corrected chi connectivity index (χ2v) is 7.65. The molecule has 1 saturated heterocycles. The van der Waals surface area contributed by atoms with Gasteiger partial charge in [0.05, 0.1) is 5.92 Å². The largest absolute Gasteiger partial charge is 0.355 e. The van der Waals surface area contributed by atoms with Crippen molar-refractivity contribution < 1.29 is 9.59 Å². The van der Waals surface area contributed by atoms with Crippen LogP contribution in [0.5, 0.6) is 0 Å². The van der Waals surface area contributed by atoms with Gasteiger partial charge in [0, 0.05) is 43.2 Å². The minimum atomic E-state index is -0.197. The number of H-pyrrole nitrogens is 1. The summed E-state index contributed by atoms with van der Waals surface area (Å²) in [5, 5.41) is 10.5. The standard InChI is InChI=1S/C19H24ClN5O2S/c1-2-25-16(22-23-19(25)28)9-10-21-17(26)14-4-3-11-24(12-14)18(27)13-5-7-15(20)8-6-13/h5-8,14H,2-4,9-12H2,1H3,(H,21,26)(H,23,28). The molecule has 1 aliphatic rings. The SMILES string of the molecule is CCn1c(CCNC(=O)C2CCCN(C(=O)c3ccc(Cl)cc3)C2)n[nH]c1=S. The van der Waals surface area contributed by atoms with Crippen LogP contribution in [0.4, 0.5) is 0 Å². The molecule has 1 unspecified atom stereocenters. The van der Waals surface area contributed by atoms with Gasteiger partial charge in [-0.3, -0.25) is 14.7 Å². The highest BCUT2D eigenvalue weighted by molar-refractivity contribution is 7.71. The van der Waals surface area contributed by atoms with Gasteiger partial charge in [-0.2, -0.15) is 5.10 Å². The van der Waals surface area contributed by atoms with Crippen LogP contribution in [0.25, 0.3) is 0 Å². The van der Waals surface area contributed by atoms with E-state index in [1.54, 1.807) is 29.2 Å². The Hall–Kier alpha value is -2.19. The van der Waals surface area contributed by atoms with Crippen molar-refractivity contribution in [1.82, 2.24) is 25.0 Å². The van der Waals surface area contributed by atoms with E-state index in [0.29, 0.717) is 41.4 Å². The first-order valence-electron chi connectivity index (χ1n) is 9.46. The van der Waals surface area contributed by atoms with Gasteiger partial charge in [-0.05, 0) is 56.2 Å². The molecule has 9 heteroatoms. The van der Waals surface area contributed by atoms with Crippen LogP contribution in [-0.4, -0.2) is 51.1 Å². The number of hydrogen-bond donors (Lipinski definition) is 2. The molecule has 1 fully saturated rings. The fraction of sp³-hybridized carbons (Fsp3) is 0.474. The van der Waals surface area contributed by atoms with Crippen LogP contribution >= 0.6 is 23.8 Å². The molecule has 2 N–H and O–H groups in total. The maximum absolute atomic E-state index is 12.7. The number of carbonyl (C=O) groups is 2. The van der Waals surface area contributed by atoms with Crippen LogP contribution in [0.15, 0.2) is 24.3 Å². The Morgan fingerprint density at radius 3 is 2.82 bits per heavy atom. The van der Waals surface area contributed by atoms with Crippen molar-refractivity contribution in [2.24, 2.45) is 5.92 Å². The molecular formula is C19H24ClN5O2S. The van der Waals surface area contributed by atoms with Gasteiger partial charge in [0.25, 0.3) is 5.91 Å². The van der Waals surface area contributed by atoms with E-state index in [2.05, 4.69) is 15.5 Å². The van der Waals surface area contributed by atoms with E-state index in [9.17, 15) is 9.59 Å². The number of piperidine rings is 1. The average Bonchev–Trinajstić information content (AvgIpc) is 3.07. The summed E-state index contributed by atoms with van der Waals surface area (Å²) >= 11 is 11.1. The van der Waals surface area contributed by atoms with E-state index in [4.69, 9.17) is 23.8 Å². The van der Waals surface area contributed by atoms with Gasteiger partial charge in [0.2, 0.25) is 5.91 Å². The van der Waals surface area contributed by atoms with Gasteiger partial charge < -0.3 is 14.8 Å². The molecule has 1 aromatic carbocycles. The third-order valence-corrected chi connectivity index (χ3v) is 5.54. The van der Waals surface area contributed by atoms with Crippen molar-refractivity contribution >= 4 is 35.6 Å². The number of likely N-dealkylation sites (tertiary alicyclic amines) is 1. The lowest BCUT2D eigenvalue weighted by atomic mass is 9.96. The smallest absolute Gasteiger partial charge is 0.253 e. The lowest BCUT2D eigenvalue weighted by molar-refractivity contribution is -0.126. The van der Waals surface area contributed by atoms with Gasteiger partial charge in [0.15, 0.2) is 4.77 Å². The molecule has 150 valence electrons. The molecule has 3 rings (SSSR count). The predicted octanol–water partition coefficient (Wildman–Crippen LogP) is 2.83. The van der Waals surface area contributed by atoms with Crippen molar-refractivity contribution in [1.29, 1.82) is 0 Å². The molecule has 2 aromatic rings. The van der Waals surface area contributed by atoms with E-state index < -0.39 is 0 Å². The number of nitrogens with zero attached hydrogens (tertiary/aromatic N) is 3. The number of carbonyl (C=O) groups excluding carboxylic acids is 2. The van der Waals surface area contributed by atoms with Gasteiger partial charge in [-0.1, -0.05) is 11.6 Å². The van der Waals surface area contributed by atoms with Crippen LogP contribution in [-0.2, 0) is 17.8 Å². The molecular weight excluding hydrogens is 398 g/mol. The Balaban J connectivity index is 1.53. The summed E-state index contributed by atoms with van der Waals surface area (Å²) in [6.45, 7) is 4.32. The Morgan fingerprint density at radius 2 is 2.11 bits per heavy atom. The summed E-state index contributed by atoms with van der Waals surface area (Å²) < 4.78 is 2.50. The maximum Gasteiger partial charge on any atom is 0.253 e. The Labute approximate surface area is 174 Å². The van der Waals surface area contributed by atoms with Crippen molar-refractivity contribution in [2.75, 3.05) is 19.6 Å². The van der Waals surface area contributed by atoms with Crippen LogP contribution in [0.3, 0.4) is 0 Å². The number of benzene rings is 1. The Morgan fingerprint density at radius 1 is 1.36 bits per heavy atom. The minimum Gasteiger partial charge on any atom is -0.355 e. The molecule has 2 heterocycles. The zero-order chi connectivity index (χ0) is 20.1. The molecule has 28 heavy (non-hydrogen) atoms. The zero-order valence-electron chi connectivity index (χ0n) is 15.8. The topological polar surface area (TPSA) is 83.0 Å². The summed E-state index contributed by atoms with van der Waals surface area (Å²) in [5.41, 5.74) is 0.591. The second-order valence-electron chi connectivity index (χ2n) is 6.83. The summed E-state index contributed by atoms with van der Waals surface area (Å²) in [5.74, 6) is 0.548. The van der Waals surface area contributed by atoms with Crippen molar-refractivity contribution in [3.05, 3.63) is 45.4 Å². The predicted molar refractivity (Wildman–Crippen MR) is 110 cm³/mol. The lowest BCUT2D eigenvalue weighted by Crippen LogP contribution is -2.45. The van der Waals surface area contributed by atoms with Crippen LogP contribution < -0.4 is 5.32 Å². The molecule has 0 bridgehead atoms. The van der Waals surface area contributed by atoms with E-state index in [1.807, 2.05) is 11.5 Å². The van der Waals surface area contributed by atoms with Gasteiger partial charge >= 0.3 is 0 Å². The van der Waals surface area contributed by atoms with Gasteiger partial charge in [-0.15, -0.1) is 0 Å². The summed E-state index contributed by atoms with van der Waals surface area (Å²) in [4.78, 5) is 27.0. The monoisotopic (exact) mass is 421 g/mol. The third kappa shape index (κ3) is 4.80.